The second kappa shape index (κ2) is 6.16. The van der Waals surface area contributed by atoms with Gasteiger partial charge in [-0.1, -0.05) is 23.7 Å². The minimum Gasteiger partial charge on any atom is -0.203 e. The first kappa shape index (κ1) is 16.3. The van der Waals surface area contributed by atoms with Gasteiger partial charge in [0.25, 0.3) is 0 Å². The largest absolute Gasteiger partial charge is 0.204 e. The van der Waals surface area contributed by atoms with E-state index in [4.69, 9.17) is 11.6 Å². The fraction of sp³-hybridized carbons (Fsp3) is 0.0714. The van der Waals surface area contributed by atoms with Gasteiger partial charge in [0.1, 0.15) is 0 Å². The molecular weight excluding hydrogens is 355 g/mol. The molecule has 0 saturated carbocycles. The molecule has 0 aliphatic carbocycles. The lowest BCUT2D eigenvalue weighted by Gasteiger charge is -2.07. The molecular formula is C14H6ClF5N4. The smallest absolute Gasteiger partial charge is 0.203 e. The van der Waals surface area contributed by atoms with Gasteiger partial charge in [0, 0.05) is 10.6 Å². The van der Waals surface area contributed by atoms with Crippen molar-refractivity contribution in [3.8, 4) is 11.4 Å². The van der Waals surface area contributed by atoms with Crippen LogP contribution in [0.1, 0.15) is 5.56 Å². The molecule has 0 aliphatic rings. The number of rotatable bonds is 3. The van der Waals surface area contributed by atoms with E-state index in [0.29, 0.717) is 15.4 Å². The molecule has 4 nitrogen and oxygen atoms in total. The van der Waals surface area contributed by atoms with Crippen LogP contribution in [0.25, 0.3) is 11.4 Å². The molecule has 124 valence electrons. The fourth-order valence-corrected chi connectivity index (χ4v) is 2.17. The van der Waals surface area contributed by atoms with Gasteiger partial charge >= 0.3 is 0 Å². The van der Waals surface area contributed by atoms with Gasteiger partial charge in [0.15, 0.2) is 23.3 Å². The van der Waals surface area contributed by atoms with Crippen molar-refractivity contribution in [1.82, 2.24) is 20.2 Å². The third-order valence-corrected chi connectivity index (χ3v) is 3.37. The maximum Gasteiger partial charge on any atom is 0.204 e. The lowest BCUT2D eigenvalue weighted by Crippen LogP contribution is -2.13. The minimum absolute atomic E-state index is 0.0846. The van der Waals surface area contributed by atoms with Crippen molar-refractivity contribution < 1.29 is 22.0 Å². The number of hydrogen-bond acceptors (Lipinski definition) is 3. The van der Waals surface area contributed by atoms with Crippen LogP contribution in [0.2, 0.25) is 5.02 Å². The van der Waals surface area contributed by atoms with Crippen molar-refractivity contribution in [2.45, 2.75) is 6.54 Å². The molecule has 0 radical (unpaired) electrons. The first-order valence-corrected chi connectivity index (χ1v) is 6.80. The zero-order chi connectivity index (χ0) is 17.4. The van der Waals surface area contributed by atoms with Crippen LogP contribution < -0.4 is 0 Å². The Labute approximate surface area is 136 Å². The maximum absolute atomic E-state index is 13.6. The molecule has 0 aliphatic heterocycles. The zero-order valence-corrected chi connectivity index (χ0v) is 12.3. The molecule has 2 aromatic carbocycles. The van der Waals surface area contributed by atoms with Crippen LogP contribution in [0.15, 0.2) is 24.3 Å². The van der Waals surface area contributed by atoms with Crippen LogP contribution in [-0.4, -0.2) is 20.2 Å². The van der Waals surface area contributed by atoms with E-state index in [9.17, 15) is 22.0 Å². The SMILES string of the molecule is Fc1c(F)c(F)c(Cn2nnc(-c3cccc(Cl)c3)n2)c(F)c1F. The first-order valence-electron chi connectivity index (χ1n) is 6.42. The Balaban J connectivity index is 1.96. The molecule has 24 heavy (non-hydrogen) atoms. The van der Waals surface area contributed by atoms with Crippen LogP contribution in [0.4, 0.5) is 22.0 Å². The number of halogens is 6. The predicted molar refractivity (Wildman–Crippen MR) is 73.6 cm³/mol. The van der Waals surface area contributed by atoms with E-state index < -0.39 is 41.2 Å². The minimum atomic E-state index is -2.22. The van der Waals surface area contributed by atoms with E-state index in [0.717, 1.165) is 0 Å². The highest BCUT2D eigenvalue weighted by Gasteiger charge is 2.26. The second-order valence-electron chi connectivity index (χ2n) is 4.70. The van der Waals surface area contributed by atoms with E-state index in [2.05, 4.69) is 15.4 Å². The van der Waals surface area contributed by atoms with Crippen molar-refractivity contribution in [2.24, 2.45) is 0 Å². The summed E-state index contributed by atoms with van der Waals surface area (Å²) in [6.45, 7) is -0.778. The fourth-order valence-electron chi connectivity index (χ4n) is 1.98. The highest BCUT2D eigenvalue weighted by molar-refractivity contribution is 6.30. The summed E-state index contributed by atoms with van der Waals surface area (Å²) in [7, 11) is 0. The predicted octanol–water partition coefficient (Wildman–Crippen LogP) is 3.74. The Morgan fingerprint density at radius 2 is 1.54 bits per heavy atom. The zero-order valence-electron chi connectivity index (χ0n) is 11.6. The Hall–Kier alpha value is -2.55. The number of hydrogen-bond donors (Lipinski definition) is 0. The number of benzene rings is 2. The second-order valence-corrected chi connectivity index (χ2v) is 5.14. The van der Waals surface area contributed by atoms with Gasteiger partial charge in [-0.25, -0.2) is 22.0 Å². The van der Waals surface area contributed by atoms with Crippen LogP contribution in [0.3, 0.4) is 0 Å². The van der Waals surface area contributed by atoms with E-state index >= 15 is 0 Å². The Morgan fingerprint density at radius 3 is 2.17 bits per heavy atom. The van der Waals surface area contributed by atoms with Gasteiger partial charge in [-0.05, 0) is 17.3 Å². The summed E-state index contributed by atoms with van der Waals surface area (Å²) < 4.78 is 66.7. The topological polar surface area (TPSA) is 43.6 Å². The van der Waals surface area contributed by atoms with E-state index in [1.807, 2.05) is 0 Å². The molecule has 0 fully saturated rings. The molecule has 0 unspecified atom stereocenters. The highest BCUT2D eigenvalue weighted by Crippen LogP contribution is 2.24. The van der Waals surface area contributed by atoms with Gasteiger partial charge in [0.05, 0.1) is 12.1 Å². The van der Waals surface area contributed by atoms with Gasteiger partial charge in [0.2, 0.25) is 11.6 Å². The summed E-state index contributed by atoms with van der Waals surface area (Å²) in [5.74, 6) is -10.1. The Morgan fingerprint density at radius 1 is 0.917 bits per heavy atom. The van der Waals surface area contributed by atoms with Gasteiger partial charge < -0.3 is 0 Å². The van der Waals surface area contributed by atoms with Crippen molar-refractivity contribution in [2.75, 3.05) is 0 Å². The Kier molecular flexibility index (Phi) is 4.18. The molecule has 0 bridgehead atoms. The van der Waals surface area contributed by atoms with E-state index in [1.165, 1.54) is 6.07 Å². The first-order chi connectivity index (χ1) is 11.4. The van der Waals surface area contributed by atoms with Gasteiger partial charge in [-0.15, -0.1) is 10.2 Å². The third kappa shape index (κ3) is 2.82. The molecule has 0 spiro atoms. The number of nitrogens with zero attached hydrogens (tertiary/aromatic N) is 4. The molecule has 0 N–H and O–H groups in total. The molecule has 0 amide bonds. The summed E-state index contributed by atoms with van der Waals surface area (Å²) in [6, 6.07) is 6.39. The monoisotopic (exact) mass is 360 g/mol. The quantitative estimate of drug-likeness (QED) is 0.406. The van der Waals surface area contributed by atoms with Gasteiger partial charge in [-0.3, -0.25) is 0 Å². The van der Waals surface area contributed by atoms with Crippen LogP contribution in [0, 0.1) is 29.1 Å². The van der Waals surface area contributed by atoms with Crippen LogP contribution >= 0.6 is 11.6 Å². The van der Waals surface area contributed by atoms with Crippen molar-refractivity contribution in [3.63, 3.8) is 0 Å². The van der Waals surface area contributed by atoms with E-state index in [-0.39, 0.29) is 5.82 Å². The van der Waals surface area contributed by atoms with Crippen molar-refractivity contribution in [1.29, 1.82) is 0 Å². The third-order valence-electron chi connectivity index (χ3n) is 3.14. The summed E-state index contributed by atoms with van der Waals surface area (Å²) in [5, 5.41) is 11.5. The standard InChI is InChI=1S/C14H6ClF5N4/c15-7-3-1-2-6(4-7)14-21-23-24(22-14)5-8-9(16)11(18)13(20)12(19)10(8)17/h1-4H,5H2. The molecule has 3 rings (SSSR count). The highest BCUT2D eigenvalue weighted by atomic mass is 35.5. The molecule has 0 saturated heterocycles. The molecule has 10 heteroatoms. The Bertz CT molecular complexity index is 899. The maximum atomic E-state index is 13.6. The van der Waals surface area contributed by atoms with Crippen molar-refractivity contribution >= 4 is 11.6 Å². The van der Waals surface area contributed by atoms with Crippen LogP contribution in [0.5, 0.6) is 0 Å². The number of aromatic nitrogens is 4. The van der Waals surface area contributed by atoms with Crippen molar-refractivity contribution in [3.05, 3.63) is 63.9 Å². The van der Waals surface area contributed by atoms with Gasteiger partial charge in [-0.2, -0.15) is 4.80 Å². The molecule has 3 aromatic rings. The lowest BCUT2D eigenvalue weighted by molar-refractivity contribution is 0.364. The average Bonchev–Trinajstić information content (AvgIpc) is 3.04. The summed E-state index contributed by atoms with van der Waals surface area (Å²) >= 11 is 5.82. The van der Waals surface area contributed by atoms with Crippen LogP contribution in [-0.2, 0) is 6.54 Å². The molecule has 1 aromatic heterocycles. The molecule has 0 atom stereocenters. The molecule has 1 heterocycles. The average molecular weight is 361 g/mol. The summed E-state index contributed by atoms with van der Waals surface area (Å²) in [6.07, 6.45) is 0. The lowest BCUT2D eigenvalue weighted by atomic mass is 10.1. The summed E-state index contributed by atoms with van der Waals surface area (Å²) in [5.41, 5.74) is -0.576. The normalized spacial score (nSPS) is 11.1. The number of tetrazole rings is 1. The van der Waals surface area contributed by atoms with E-state index in [1.54, 1.807) is 18.2 Å². The summed E-state index contributed by atoms with van der Waals surface area (Å²) in [4.78, 5) is 0.717.